The van der Waals surface area contributed by atoms with E-state index in [4.69, 9.17) is 16.3 Å². The molecular weight excluding hydrogens is 287 g/mol. The lowest BCUT2D eigenvalue weighted by Gasteiger charge is -2.19. The molecule has 0 aliphatic carbocycles. The second-order valence-electron chi connectivity index (χ2n) is 5.03. The van der Waals surface area contributed by atoms with Crippen molar-refractivity contribution in [3.05, 3.63) is 29.0 Å². The number of carbonyl (C=O) groups excluding carboxylic acids is 2. The van der Waals surface area contributed by atoms with Gasteiger partial charge >= 0.3 is 6.09 Å². The Morgan fingerprint density at radius 3 is 2.55 bits per heavy atom. The van der Waals surface area contributed by atoms with E-state index >= 15 is 0 Å². The monoisotopic (exact) mass is 302 g/mol. The molecule has 0 aromatic heterocycles. The van der Waals surface area contributed by atoms with Gasteiger partial charge in [0.2, 0.25) is 5.91 Å². The lowest BCUT2D eigenvalue weighted by Crippen LogP contribution is -2.37. The Kier molecular flexibility index (Phi) is 5.33. The highest BCUT2D eigenvalue weighted by Gasteiger charge is 2.16. The molecule has 20 heavy (non-hydrogen) atoms. The van der Waals surface area contributed by atoms with Crippen LogP contribution >= 0.6 is 11.6 Å². The predicted octanol–water partition coefficient (Wildman–Crippen LogP) is 2.94. The first kappa shape index (κ1) is 16.2. The van der Waals surface area contributed by atoms with E-state index in [-0.39, 0.29) is 17.3 Å². The van der Waals surface area contributed by atoms with Crippen LogP contribution in [0.15, 0.2) is 18.2 Å². The number of anilines is 1. The van der Waals surface area contributed by atoms with Crippen molar-refractivity contribution in [2.45, 2.75) is 26.4 Å². The molecular formula is C13H16ClFN2O3. The summed E-state index contributed by atoms with van der Waals surface area (Å²) >= 11 is 5.59. The molecule has 0 atom stereocenters. The number of hydrogen-bond acceptors (Lipinski definition) is 3. The Labute approximate surface area is 121 Å². The number of alkyl carbamates (subject to hydrolysis) is 1. The molecule has 5 nitrogen and oxygen atoms in total. The highest BCUT2D eigenvalue weighted by atomic mass is 35.5. The van der Waals surface area contributed by atoms with Crippen LogP contribution in [0, 0.1) is 5.82 Å². The summed E-state index contributed by atoms with van der Waals surface area (Å²) < 4.78 is 18.4. The molecule has 0 saturated heterocycles. The number of hydrogen-bond donors (Lipinski definition) is 2. The van der Waals surface area contributed by atoms with Crippen molar-refractivity contribution in [2.24, 2.45) is 0 Å². The quantitative estimate of drug-likeness (QED) is 0.902. The number of amides is 2. The van der Waals surface area contributed by atoms with Crippen molar-refractivity contribution in [2.75, 3.05) is 11.9 Å². The summed E-state index contributed by atoms with van der Waals surface area (Å²) in [5.74, 6) is -1.22. The van der Waals surface area contributed by atoms with Crippen LogP contribution in [0.5, 0.6) is 0 Å². The van der Waals surface area contributed by atoms with E-state index in [0.29, 0.717) is 0 Å². The van der Waals surface area contributed by atoms with Crippen molar-refractivity contribution >= 4 is 29.3 Å². The third kappa shape index (κ3) is 5.88. The highest BCUT2D eigenvalue weighted by Crippen LogP contribution is 2.18. The highest BCUT2D eigenvalue weighted by molar-refractivity contribution is 6.30. The van der Waals surface area contributed by atoms with Crippen LogP contribution in [0.3, 0.4) is 0 Å². The van der Waals surface area contributed by atoms with Gasteiger partial charge in [0, 0.05) is 5.02 Å². The van der Waals surface area contributed by atoms with Gasteiger partial charge in [0.05, 0.1) is 5.69 Å². The maximum Gasteiger partial charge on any atom is 0.408 e. The summed E-state index contributed by atoms with van der Waals surface area (Å²) in [7, 11) is 0. The van der Waals surface area contributed by atoms with Gasteiger partial charge in [0.25, 0.3) is 0 Å². The van der Waals surface area contributed by atoms with Gasteiger partial charge in [-0.15, -0.1) is 0 Å². The number of carbonyl (C=O) groups is 2. The second kappa shape index (κ2) is 6.56. The molecule has 7 heteroatoms. The van der Waals surface area contributed by atoms with E-state index in [1.54, 1.807) is 20.8 Å². The molecule has 0 unspecified atom stereocenters. The molecule has 1 aromatic rings. The summed E-state index contributed by atoms with van der Waals surface area (Å²) in [5.41, 5.74) is -0.659. The van der Waals surface area contributed by atoms with E-state index in [1.165, 1.54) is 12.1 Å². The van der Waals surface area contributed by atoms with Crippen LogP contribution in [-0.4, -0.2) is 24.1 Å². The average molecular weight is 303 g/mol. The van der Waals surface area contributed by atoms with Gasteiger partial charge in [-0.1, -0.05) is 11.6 Å². The summed E-state index contributed by atoms with van der Waals surface area (Å²) in [6.45, 7) is 4.79. The lowest BCUT2D eigenvalue weighted by atomic mass is 10.2. The fourth-order valence-electron chi connectivity index (χ4n) is 1.25. The molecule has 0 fully saturated rings. The Morgan fingerprint density at radius 2 is 2.00 bits per heavy atom. The van der Waals surface area contributed by atoms with E-state index in [9.17, 15) is 14.0 Å². The number of benzene rings is 1. The lowest BCUT2D eigenvalue weighted by molar-refractivity contribution is -0.115. The topological polar surface area (TPSA) is 67.4 Å². The van der Waals surface area contributed by atoms with E-state index < -0.39 is 23.4 Å². The number of halogens is 2. The molecule has 0 aliphatic rings. The Bertz CT molecular complexity index is 515. The van der Waals surface area contributed by atoms with Crippen molar-refractivity contribution < 1.29 is 18.7 Å². The zero-order valence-corrected chi connectivity index (χ0v) is 12.2. The SMILES string of the molecule is CC(C)(C)OC(=O)NCC(=O)Nc1ccc(Cl)cc1F. The first-order valence-corrected chi connectivity index (χ1v) is 6.27. The molecule has 0 heterocycles. The predicted molar refractivity (Wildman–Crippen MR) is 74.3 cm³/mol. The molecule has 2 N–H and O–H groups in total. The molecule has 0 spiro atoms. The van der Waals surface area contributed by atoms with Crippen LogP contribution in [-0.2, 0) is 9.53 Å². The van der Waals surface area contributed by atoms with Gasteiger partial charge in [0.15, 0.2) is 0 Å². The van der Waals surface area contributed by atoms with Crippen LogP contribution in [0.2, 0.25) is 5.02 Å². The maximum atomic E-state index is 13.4. The third-order valence-corrected chi connectivity index (χ3v) is 2.23. The molecule has 110 valence electrons. The third-order valence-electron chi connectivity index (χ3n) is 2.00. The van der Waals surface area contributed by atoms with Crippen LogP contribution in [0.1, 0.15) is 20.8 Å². The summed E-state index contributed by atoms with van der Waals surface area (Å²) in [6.07, 6.45) is -0.718. The van der Waals surface area contributed by atoms with E-state index in [0.717, 1.165) is 6.07 Å². The van der Waals surface area contributed by atoms with Crippen molar-refractivity contribution in [1.29, 1.82) is 0 Å². The molecule has 0 aliphatic heterocycles. The molecule has 0 bridgehead atoms. The van der Waals surface area contributed by atoms with Gasteiger partial charge in [-0.3, -0.25) is 4.79 Å². The molecule has 2 amide bonds. The summed E-state index contributed by atoms with van der Waals surface area (Å²) in [4.78, 5) is 22.9. The van der Waals surface area contributed by atoms with E-state index in [1.807, 2.05) is 0 Å². The maximum absolute atomic E-state index is 13.4. The normalized spacial score (nSPS) is 10.8. The number of nitrogens with one attached hydrogen (secondary N) is 2. The van der Waals surface area contributed by atoms with Gasteiger partial charge in [-0.2, -0.15) is 0 Å². The Hall–Kier alpha value is -1.82. The number of ether oxygens (including phenoxy) is 1. The van der Waals surface area contributed by atoms with E-state index in [2.05, 4.69) is 10.6 Å². The smallest absolute Gasteiger partial charge is 0.408 e. The fraction of sp³-hybridized carbons (Fsp3) is 0.385. The van der Waals surface area contributed by atoms with Gasteiger partial charge in [-0.25, -0.2) is 9.18 Å². The van der Waals surface area contributed by atoms with Crippen molar-refractivity contribution in [1.82, 2.24) is 5.32 Å². The first-order chi connectivity index (χ1) is 9.17. The fourth-order valence-corrected chi connectivity index (χ4v) is 1.41. The summed E-state index contributed by atoms with van der Waals surface area (Å²) in [6, 6.07) is 3.86. The molecule has 0 radical (unpaired) electrons. The molecule has 1 rings (SSSR count). The van der Waals surface area contributed by atoms with Crippen molar-refractivity contribution in [3.8, 4) is 0 Å². The van der Waals surface area contributed by atoms with Gasteiger partial charge < -0.3 is 15.4 Å². The Balaban J connectivity index is 2.46. The summed E-state index contributed by atoms with van der Waals surface area (Å²) in [5, 5.41) is 4.81. The van der Waals surface area contributed by atoms with Gasteiger partial charge in [0.1, 0.15) is 18.0 Å². The minimum Gasteiger partial charge on any atom is -0.444 e. The van der Waals surface area contributed by atoms with Crippen molar-refractivity contribution in [3.63, 3.8) is 0 Å². The first-order valence-electron chi connectivity index (χ1n) is 5.89. The van der Waals surface area contributed by atoms with Crippen LogP contribution in [0.25, 0.3) is 0 Å². The second-order valence-corrected chi connectivity index (χ2v) is 5.46. The largest absolute Gasteiger partial charge is 0.444 e. The van der Waals surface area contributed by atoms with Crippen LogP contribution < -0.4 is 10.6 Å². The standard InChI is InChI=1S/C13H16ClFN2O3/c1-13(2,3)20-12(19)16-7-11(18)17-10-5-4-8(14)6-9(10)15/h4-6H,7H2,1-3H3,(H,16,19)(H,17,18). The Morgan fingerprint density at radius 1 is 1.35 bits per heavy atom. The zero-order valence-electron chi connectivity index (χ0n) is 11.4. The van der Waals surface area contributed by atoms with Crippen LogP contribution in [0.4, 0.5) is 14.9 Å². The molecule has 0 saturated carbocycles. The van der Waals surface area contributed by atoms with Gasteiger partial charge in [-0.05, 0) is 39.0 Å². The molecule has 1 aromatic carbocycles. The number of rotatable bonds is 3. The zero-order chi connectivity index (χ0) is 15.3. The minimum absolute atomic E-state index is 0.00890. The average Bonchev–Trinajstić information content (AvgIpc) is 2.28. The minimum atomic E-state index is -0.718.